The standard InChI is InChI=1S/C19H22ClNO3/c1-13-10-14(2)12-16(11-13)24-15(3)19(22)21-8-9-23-18-7-5-4-6-17(18)20/h4-7,10-12,15H,8-9H2,1-3H3,(H,21,22)/t15-/m0/s1. The Morgan fingerprint density at radius 3 is 2.50 bits per heavy atom. The van der Waals surface area contributed by atoms with Gasteiger partial charge in [0.1, 0.15) is 18.1 Å². The van der Waals surface area contributed by atoms with E-state index in [0.717, 1.165) is 11.1 Å². The number of hydrogen-bond acceptors (Lipinski definition) is 3. The summed E-state index contributed by atoms with van der Waals surface area (Å²) in [5.41, 5.74) is 2.21. The van der Waals surface area contributed by atoms with E-state index in [1.165, 1.54) is 0 Å². The summed E-state index contributed by atoms with van der Waals surface area (Å²) < 4.78 is 11.2. The second kappa shape index (κ2) is 8.60. The normalized spacial score (nSPS) is 11.7. The Balaban J connectivity index is 1.76. The summed E-state index contributed by atoms with van der Waals surface area (Å²) in [6.07, 6.45) is -0.577. The van der Waals surface area contributed by atoms with Crippen LogP contribution in [0.2, 0.25) is 5.02 Å². The van der Waals surface area contributed by atoms with Crippen LogP contribution in [0.25, 0.3) is 0 Å². The van der Waals surface area contributed by atoms with Crippen LogP contribution in [0.4, 0.5) is 0 Å². The number of benzene rings is 2. The summed E-state index contributed by atoms with van der Waals surface area (Å²) in [4.78, 5) is 12.1. The molecule has 2 rings (SSSR count). The van der Waals surface area contributed by atoms with Crippen molar-refractivity contribution in [2.75, 3.05) is 13.2 Å². The highest BCUT2D eigenvalue weighted by Gasteiger charge is 2.14. The molecule has 0 aliphatic rings. The van der Waals surface area contributed by atoms with Gasteiger partial charge in [0.2, 0.25) is 0 Å². The molecule has 128 valence electrons. The van der Waals surface area contributed by atoms with Crippen molar-refractivity contribution in [1.82, 2.24) is 5.32 Å². The first-order chi connectivity index (χ1) is 11.5. The molecule has 2 aromatic rings. The molecule has 1 amide bonds. The molecule has 0 heterocycles. The minimum absolute atomic E-state index is 0.183. The molecule has 5 heteroatoms. The molecule has 0 spiro atoms. The highest BCUT2D eigenvalue weighted by Crippen LogP contribution is 2.22. The maximum atomic E-state index is 12.1. The number of ether oxygens (including phenoxy) is 2. The number of carbonyl (C=O) groups excluding carboxylic acids is 1. The van der Waals surface area contributed by atoms with Crippen LogP contribution in [0.15, 0.2) is 42.5 Å². The first-order valence-corrected chi connectivity index (χ1v) is 8.23. The minimum atomic E-state index is -0.577. The van der Waals surface area contributed by atoms with Gasteiger partial charge in [0.05, 0.1) is 11.6 Å². The lowest BCUT2D eigenvalue weighted by molar-refractivity contribution is -0.127. The largest absolute Gasteiger partial charge is 0.490 e. The number of carbonyl (C=O) groups is 1. The monoisotopic (exact) mass is 347 g/mol. The van der Waals surface area contributed by atoms with Crippen molar-refractivity contribution >= 4 is 17.5 Å². The topological polar surface area (TPSA) is 47.6 Å². The predicted molar refractivity (Wildman–Crippen MR) is 96.0 cm³/mol. The third-order valence-electron chi connectivity index (χ3n) is 3.37. The molecule has 24 heavy (non-hydrogen) atoms. The Labute approximate surface area is 147 Å². The van der Waals surface area contributed by atoms with Gasteiger partial charge in [-0.2, -0.15) is 0 Å². The van der Waals surface area contributed by atoms with Crippen LogP contribution in [-0.4, -0.2) is 25.2 Å². The van der Waals surface area contributed by atoms with E-state index in [0.29, 0.717) is 29.7 Å². The highest BCUT2D eigenvalue weighted by atomic mass is 35.5. The summed E-state index contributed by atoms with van der Waals surface area (Å²) >= 11 is 6.00. The molecule has 0 bridgehead atoms. The van der Waals surface area contributed by atoms with Gasteiger partial charge in [-0.1, -0.05) is 29.8 Å². The van der Waals surface area contributed by atoms with Crippen LogP contribution in [-0.2, 0) is 4.79 Å². The minimum Gasteiger partial charge on any atom is -0.490 e. The van der Waals surface area contributed by atoms with Gasteiger partial charge in [-0.3, -0.25) is 4.79 Å². The van der Waals surface area contributed by atoms with E-state index in [4.69, 9.17) is 21.1 Å². The summed E-state index contributed by atoms with van der Waals surface area (Å²) in [5.74, 6) is 1.12. The van der Waals surface area contributed by atoms with Gasteiger partial charge in [0, 0.05) is 0 Å². The van der Waals surface area contributed by atoms with Crippen molar-refractivity contribution in [3.8, 4) is 11.5 Å². The molecule has 0 saturated carbocycles. The molecule has 0 aliphatic heterocycles. The molecule has 0 fully saturated rings. The van der Waals surface area contributed by atoms with Crippen molar-refractivity contribution < 1.29 is 14.3 Å². The molecule has 0 aliphatic carbocycles. The first-order valence-electron chi connectivity index (χ1n) is 7.85. The molecule has 0 radical (unpaired) electrons. The number of para-hydroxylation sites is 1. The predicted octanol–water partition coefficient (Wildman–Crippen LogP) is 3.92. The zero-order chi connectivity index (χ0) is 17.5. The Hall–Kier alpha value is -2.20. The number of aryl methyl sites for hydroxylation is 2. The van der Waals surface area contributed by atoms with E-state index < -0.39 is 6.10 Å². The zero-order valence-corrected chi connectivity index (χ0v) is 14.9. The molecule has 0 saturated heterocycles. The van der Waals surface area contributed by atoms with Crippen molar-refractivity contribution in [1.29, 1.82) is 0 Å². The Bertz CT molecular complexity index is 683. The van der Waals surface area contributed by atoms with E-state index in [-0.39, 0.29) is 5.91 Å². The highest BCUT2D eigenvalue weighted by molar-refractivity contribution is 6.32. The third-order valence-corrected chi connectivity index (χ3v) is 3.69. The lowest BCUT2D eigenvalue weighted by Crippen LogP contribution is -2.38. The molecule has 0 unspecified atom stereocenters. The molecule has 1 atom stereocenters. The number of rotatable bonds is 7. The SMILES string of the molecule is Cc1cc(C)cc(O[C@@H](C)C(=O)NCCOc2ccccc2Cl)c1. The second-order valence-corrected chi connectivity index (χ2v) is 6.06. The van der Waals surface area contributed by atoms with E-state index in [2.05, 4.69) is 11.4 Å². The number of nitrogens with one attached hydrogen (secondary N) is 1. The van der Waals surface area contributed by atoms with Crippen molar-refractivity contribution in [3.05, 3.63) is 58.6 Å². The zero-order valence-electron chi connectivity index (χ0n) is 14.1. The fourth-order valence-electron chi connectivity index (χ4n) is 2.30. The van der Waals surface area contributed by atoms with Crippen molar-refractivity contribution in [2.45, 2.75) is 26.9 Å². The maximum Gasteiger partial charge on any atom is 0.260 e. The van der Waals surface area contributed by atoms with Gasteiger partial charge in [-0.05, 0) is 56.2 Å². The molecule has 2 aromatic carbocycles. The molecule has 0 aromatic heterocycles. The van der Waals surface area contributed by atoms with Crippen LogP contribution < -0.4 is 14.8 Å². The summed E-state index contributed by atoms with van der Waals surface area (Å²) in [5, 5.41) is 3.34. The van der Waals surface area contributed by atoms with Gasteiger partial charge >= 0.3 is 0 Å². The summed E-state index contributed by atoms with van der Waals surface area (Å²) in [6, 6.07) is 13.1. The van der Waals surface area contributed by atoms with Gasteiger partial charge in [-0.15, -0.1) is 0 Å². The second-order valence-electron chi connectivity index (χ2n) is 5.65. The average Bonchev–Trinajstić information content (AvgIpc) is 2.51. The first kappa shape index (κ1) is 18.1. The van der Waals surface area contributed by atoms with Crippen LogP contribution in [0.1, 0.15) is 18.1 Å². The Morgan fingerprint density at radius 1 is 1.17 bits per heavy atom. The van der Waals surface area contributed by atoms with Crippen LogP contribution in [0.5, 0.6) is 11.5 Å². The van der Waals surface area contributed by atoms with E-state index in [1.54, 1.807) is 19.1 Å². The van der Waals surface area contributed by atoms with Crippen molar-refractivity contribution in [2.24, 2.45) is 0 Å². The Kier molecular flexibility index (Phi) is 6.50. The number of hydrogen-bond donors (Lipinski definition) is 1. The van der Waals surface area contributed by atoms with E-state index in [1.807, 2.05) is 38.1 Å². The van der Waals surface area contributed by atoms with Gasteiger partial charge in [0.15, 0.2) is 6.10 Å². The lowest BCUT2D eigenvalue weighted by Gasteiger charge is -2.16. The van der Waals surface area contributed by atoms with Gasteiger partial charge < -0.3 is 14.8 Å². The van der Waals surface area contributed by atoms with Crippen LogP contribution in [0.3, 0.4) is 0 Å². The molecular weight excluding hydrogens is 326 g/mol. The average molecular weight is 348 g/mol. The smallest absolute Gasteiger partial charge is 0.260 e. The van der Waals surface area contributed by atoms with Crippen LogP contribution in [0, 0.1) is 13.8 Å². The number of amides is 1. The van der Waals surface area contributed by atoms with E-state index in [9.17, 15) is 4.79 Å². The van der Waals surface area contributed by atoms with Gasteiger partial charge in [0.25, 0.3) is 5.91 Å². The summed E-state index contributed by atoms with van der Waals surface area (Å²) in [7, 11) is 0. The van der Waals surface area contributed by atoms with E-state index >= 15 is 0 Å². The summed E-state index contributed by atoms with van der Waals surface area (Å²) in [6.45, 7) is 6.44. The van der Waals surface area contributed by atoms with Crippen LogP contribution >= 0.6 is 11.6 Å². The molecule has 1 N–H and O–H groups in total. The molecule has 4 nitrogen and oxygen atoms in total. The fraction of sp³-hybridized carbons (Fsp3) is 0.316. The Morgan fingerprint density at radius 2 is 1.83 bits per heavy atom. The lowest BCUT2D eigenvalue weighted by atomic mass is 10.1. The number of halogens is 1. The maximum absolute atomic E-state index is 12.1. The van der Waals surface area contributed by atoms with Gasteiger partial charge in [-0.25, -0.2) is 0 Å². The van der Waals surface area contributed by atoms with Crippen molar-refractivity contribution in [3.63, 3.8) is 0 Å². The third kappa shape index (κ3) is 5.46. The fourth-order valence-corrected chi connectivity index (χ4v) is 2.49. The quantitative estimate of drug-likeness (QED) is 0.772. The molecular formula is C19H22ClNO3.